The summed E-state index contributed by atoms with van der Waals surface area (Å²) in [5, 5.41) is 6.18. The predicted molar refractivity (Wildman–Crippen MR) is 113 cm³/mol. The molecule has 0 atom stereocenters. The number of rotatable bonds is 5. The van der Waals surface area contributed by atoms with Gasteiger partial charge in [0.05, 0.1) is 5.52 Å². The third kappa shape index (κ3) is 4.22. The number of nitrogens with one attached hydrogen (secondary N) is 2. The molecule has 7 nitrogen and oxygen atoms in total. The van der Waals surface area contributed by atoms with Gasteiger partial charge in [0.2, 0.25) is 11.9 Å². The Bertz CT molecular complexity index is 1110. The van der Waals surface area contributed by atoms with Crippen molar-refractivity contribution in [2.75, 3.05) is 10.6 Å². The summed E-state index contributed by atoms with van der Waals surface area (Å²) < 4.78 is 20.1. The van der Waals surface area contributed by atoms with Gasteiger partial charge in [-0.3, -0.25) is 9.36 Å². The highest BCUT2D eigenvalue weighted by Crippen LogP contribution is 2.28. The first-order valence-corrected chi connectivity index (χ1v) is 10.3. The molecule has 1 amide bonds. The van der Waals surface area contributed by atoms with Crippen LogP contribution in [0.15, 0.2) is 45.6 Å². The van der Waals surface area contributed by atoms with Gasteiger partial charge in [-0.2, -0.15) is 4.39 Å². The molecule has 4 rings (SSSR count). The lowest BCUT2D eigenvalue weighted by atomic mass is 9.85. The molecule has 2 heterocycles. The van der Waals surface area contributed by atoms with Crippen molar-refractivity contribution >= 4 is 28.5 Å². The van der Waals surface area contributed by atoms with E-state index in [1.807, 2.05) is 13.8 Å². The largest absolute Gasteiger partial charge is 0.420 e. The molecule has 3 aromatic rings. The van der Waals surface area contributed by atoms with E-state index in [-0.39, 0.29) is 23.9 Å². The van der Waals surface area contributed by atoms with Crippen LogP contribution in [0.1, 0.15) is 45.6 Å². The van der Waals surface area contributed by atoms with Crippen LogP contribution in [0.5, 0.6) is 0 Å². The average Bonchev–Trinajstić information content (AvgIpc) is 3.03. The second-order valence-electron chi connectivity index (χ2n) is 8.04. The first-order chi connectivity index (χ1) is 14.4. The van der Waals surface area contributed by atoms with Crippen LogP contribution in [0.3, 0.4) is 0 Å². The molecule has 0 bridgehead atoms. The highest BCUT2D eigenvalue weighted by Gasteiger charge is 2.26. The Morgan fingerprint density at radius 3 is 2.67 bits per heavy atom. The van der Waals surface area contributed by atoms with Crippen LogP contribution in [0, 0.1) is 11.9 Å². The number of pyridine rings is 1. The summed E-state index contributed by atoms with van der Waals surface area (Å²) in [7, 11) is 0. The number of aromatic nitrogens is 2. The van der Waals surface area contributed by atoms with Gasteiger partial charge in [0.25, 0.3) is 0 Å². The molecule has 0 spiro atoms. The van der Waals surface area contributed by atoms with Gasteiger partial charge in [-0.25, -0.2) is 9.78 Å². The highest BCUT2D eigenvalue weighted by molar-refractivity contribution is 5.94. The third-order valence-corrected chi connectivity index (χ3v) is 5.56. The molecule has 30 heavy (non-hydrogen) atoms. The number of nitrogens with zero attached hydrogens (tertiary/aromatic N) is 2. The minimum atomic E-state index is -0.510. The van der Waals surface area contributed by atoms with Crippen LogP contribution in [0.2, 0.25) is 0 Å². The van der Waals surface area contributed by atoms with Crippen LogP contribution in [-0.4, -0.2) is 21.5 Å². The number of benzene rings is 1. The van der Waals surface area contributed by atoms with Gasteiger partial charge in [-0.15, -0.1) is 0 Å². The predicted octanol–water partition coefficient (Wildman–Crippen LogP) is 4.32. The number of oxazole rings is 1. The number of hydrogen-bond acceptors (Lipinski definition) is 5. The Morgan fingerprint density at radius 2 is 1.97 bits per heavy atom. The maximum atomic E-state index is 13.2. The van der Waals surface area contributed by atoms with Gasteiger partial charge >= 0.3 is 5.76 Å². The van der Waals surface area contributed by atoms with Crippen molar-refractivity contribution in [1.82, 2.24) is 9.55 Å². The van der Waals surface area contributed by atoms with Gasteiger partial charge in [0, 0.05) is 29.8 Å². The van der Waals surface area contributed by atoms with E-state index in [1.54, 1.807) is 34.9 Å². The second-order valence-corrected chi connectivity index (χ2v) is 8.04. The zero-order valence-corrected chi connectivity index (χ0v) is 17.0. The molecule has 1 aromatic carbocycles. The van der Waals surface area contributed by atoms with Gasteiger partial charge in [0.1, 0.15) is 5.82 Å². The molecule has 0 saturated heterocycles. The van der Waals surface area contributed by atoms with Crippen molar-refractivity contribution in [3.05, 3.63) is 52.9 Å². The number of carbonyl (C=O) groups is 1. The zero-order valence-electron chi connectivity index (χ0n) is 17.0. The molecule has 0 unspecified atom stereocenters. The molecule has 1 aliphatic rings. The quantitative estimate of drug-likeness (QED) is 0.609. The molecule has 1 aliphatic carbocycles. The fourth-order valence-electron chi connectivity index (χ4n) is 4.05. The highest BCUT2D eigenvalue weighted by atomic mass is 19.1. The van der Waals surface area contributed by atoms with Crippen molar-refractivity contribution < 1.29 is 13.6 Å². The smallest absolute Gasteiger partial charge is 0.408 e. The van der Waals surface area contributed by atoms with Crippen LogP contribution < -0.4 is 16.4 Å². The zero-order chi connectivity index (χ0) is 21.3. The van der Waals surface area contributed by atoms with E-state index in [1.165, 1.54) is 6.07 Å². The van der Waals surface area contributed by atoms with Crippen molar-refractivity contribution in [2.24, 2.45) is 5.92 Å². The molecule has 0 radical (unpaired) electrons. The Labute approximate surface area is 173 Å². The molecule has 158 valence electrons. The molecular weight excluding hydrogens is 387 g/mol. The average molecular weight is 412 g/mol. The molecule has 1 saturated carbocycles. The summed E-state index contributed by atoms with van der Waals surface area (Å²) in [6, 6.07) is 10.1. The number of carbonyl (C=O) groups excluding carboxylic acids is 1. The number of hydrogen-bond donors (Lipinski definition) is 2. The Kier molecular flexibility index (Phi) is 5.57. The number of anilines is 2. The summed E-state index contributed by atoms with van der Waals surface area (Å²) in [5.74, 6) is -0.522. The monoisotopic (exact) mass is 412 g/mol. The summed E-state index contributed by atoms with van der Waals surface area (Å²) in [6.45, 7) is 3.84. The van der Waals surface area contributed by atoms with Gasteiger partial charge < -0.3 is 15.1 Å². The molecular formula is C22H25FN4O3. The third-order valence-electron chi connectivity index (χ3n) is 5.56. The van der Waals surface area contributed by atoms with E-state index in [0.29, 0.717) is 22.6 Å². The topological polar surface area (TPSA) is 89.2 Å². The first kappa shape index (κ1) is 20.1. The van der Waals surface area contributed by atoms with Crippen LogP contribution >= 0.6 is 0 Å². The molecule has 1 fully saturated rings. The first-order valence-electron chi connectivity index (χ1n) is 10.3. The SMILES string of the molecule is CC(C)n1c(=O)oc2cc(NC(=O)[C@H]3CC[C@@H](Nc4cccc(F)n4)CC3)ccc21. The Balaban J connectivity index is 1.36. The second kappa shape index (κ2) is 8.30. The minimum absolute atomic E-state index is 0.00874. The van der Waals surface area contributed by atoms with Crippen molar-refractivity contribution in [1.29, 1.82) is 0 Å². The minimum Gasteiger partial charge on any atom is -0.408 e. The van der Waals surface area contributed by atoms with E-state index in [9.17, 15) is 14.0 Å². The number of amides is 1. The lowest BCUT2D eigenvalue weighted by Gasteiger charge is -2.28. The molecule has 2 aromatic heterocycles. The van der Waals surface area contributed by atoms with E-state index >= 15 is 0 Å². The maximum Gasteiger partial charge on any atom is 0.420 e. The standard InChI is InChI=1S/C22H25FN4O3/c1-13(2)27-17-11-10-16(12-18(17)30-22(27)29)25-21(28)14-6-8-15(9-7-14)24-20-5-3-4-19(23)26-20/h3-5,10-15H,6-9H2,1-2H3,(H,24,26)(H,25,28)/t14-,15+. The van der Waals surface area contributed by atoms with Gasteiger partial charge in [-0.1, -0.05) is 6.07 Å². The van der Waals surface area contributed by atoms with E-state index in [0.717, 1.165) is 25.7 Å². The van der Waals surface area contributed by atoms with E-state index < -0.39 is 11.7 Å². The molecule has 2 N–H and O–H groups in total. The summed E-state index contributed by atoms with van der Waals surface area (Å²) in [6.07, 6.45) is 3.09. The van der Waals surface area contributed by atoms with Crippen molar-refractivity contribution in [3.8, 4) is 0 Å². The lowest BCUT2D eigenvalue weighted by Crippen LogP contribution is -2.32. The lowest BCUT2D eigenvalue weighted by molar-refractivity contribution is -0.120. The maximum absolute atomic E-state index is 13.2. The van der Waals surface area contributed by atoms with Crippen molar-refractivity contribution in [2.45, 2.75) is 51.6 Å². The fraction of sp³-hybridized carbons (Fsp3) is 0.409. The van der Waals surface area contributed by atoms with E-state index in [4.69, 9.17) is 4.42 Å². The normalized spacial score (nSPS) is 19.2. The summed E-state index contributed by atoms with van der Waals surface area (Å²) in [5.41, 5.74) is 1.79. The van der Waals surface area contributed by atoms with Crippen molar-refractivity contribution in [3.63, 3.8) is 0 Å². The summed E-state index contributed by atoms with van der Waals surface area (Å²) in [4.78, 5) is 28.6. The van der Waals surface area contributed by atoms with Crippen LogP contribution in [0.25, 0.3) is 11.1 Å². The Morgan fingerprint density at radius 1 is 1.20 bits per heavy atom. The van der Waals surface area contributed by atoms with Gasteiger partial charge in [0.15, 0.2) is 5.58 Å². The number of halogens is 1. The Hall–Kier alpha value is -3.16. The van der Waals surface area contributed by atoms with E-state index in [2.05, 4.69) is 15.6 Å². The van der Waals surface area contributed by atoms with Crippen LogP contribution in [-0.2, 0) is 4.79 Å². The summed E-state index contributed by atoms with van der Waals surface area (Å²) >= 11 is 0. The fourth-order valence-corrected chi connectivity index (χ4v) is 4.05. The van der Waals surface area contributed by atoms with Gasteiger partial charge in [-0.05, 0) is 63.8 Å². The van der Waals surface area contributed by atoms with Crippen LogP contribution in [0.4, 0.5) is 15.9 Å². The number of fused-ring (bicyclic) bond motifs is 1. The molecule has 0 aliphatic heterocycles. The molecule has 8 heteroatoms.